The molecular formula is C35H64O7. The molecule has 2 saturated heterocycles. The Morgan fingerprint density at radius 3 is 1.79 bits per heavy atom. The molecule has 7 atom stereocenters. The molecule has 0 aromatic heterocycles. The lowest BCUT2D eigenvalue weighted by atomic mass is 9.96. The fraction of sp³-hybridized carbons (Fsp3) is 0.943. The van der Waals surface area contributed by atoms with Gasteiger partial charge in [-0.1, -0.05) is 96.8 Å². The van der Waals surface area contributed by atoms with Gasteiger partial charge in [0.15, 0.2) is 0 Å². The maximum Gasteiger partial charge on any atom is 0.309 e. The quantitative estimate of drug-likeness (QED) is 0.0707. The van der Waals surface area contributed by atoms with Gasteiger partial charge < -0.3 is 29.6 Å². The van der Waals surface area contributed by atoms with Crippen LogP contribution in [0.2, 0.25) is 0 Å². The van der Waals surface area contributed by atoms with Crippen LogP contribution in [0.1, 0.15) is 168 Å². The second-order valence-corrected chi connectivity index (χ2v) is 13.4. The Morgan fingerprint density at radius 2 is 1.21 bits per heavy atom. The van der Waals surface area contributed by atoms with Gasteiger partial charge in [0.2, 0.25) is 0 Å². The summed E-state index contributed by atoms with van der Waals surface area (Å²) in [4.78, 5) is 23.1. The van der Waals surface area contributed by atoms with Crippen molar-refractivity contribution in [3.8, 4) is 0 Å². The van der Waals surface area contributed by atoms with Gasteiger partial charge in [-0.3, -0.25) is 4.79 Å². The number of hydrogen-bond donors (Lipinski definition) is 3. The predicted molar refractivity (Wildman–Crippen MR) is 167 cm³/mol. The Balaban J connectivity index is 1.41. The predicted octanol–water partition coefficient (Wildman–Crippen LogP) is 7.35. The Morgan fingerprint density at radius 1 is 0.738 bits per heavy atom. The Bertz CT molecular complexity index is 713. The number of ketones is 1. The number of esters is 1. The molecule has 2 aliphatic heterocycles. The van der Waals surface area contributed by atoms with Crippen LogP contribution in [0.4, 0.5) is 0 Å². The third-order valence-corrected chi connectivity index (χ3v) is 9.35. The zero-order valence-electron chi connectivity index (χ0n) is 27.0. The van der Waals surface area contributed by atoms with Crippen LogP contribution in [0.3, 0.4) is 0 Å². The summed E-state index contributed by atoms with van der Waals surface area (Å²) in [5.41, 5.74) is 0. The van der Waals surface area contributed by atoms with Crippen molar-refractivity contribution in [2.45, 2.75) is 205 Å². The minimum atomic E-state index is -0.503. The molecule has 0 unspecified atom stereocenters. The van der Waals surface area contributed by atoms with E-state index >= 15 is 0 Å². The van der Waals surface area contributed by atoms with Crippen LogP contribution >= 0.6 is 0 Å². The molecule has 0 radical (unpaired) electrons. The first-order valence-corrected chi connectivity index (χ1v) is 17.7. The van der Waals surface area contributed by atoms with Gasteiger partial charge >= 0.3 is 5.97 Å². The fourth-order valence-electron chi connectivity index (χ4n) is 6.69. The van der Waals surface area contributed by atoms with Crippen molar-refractivity contribution in [3.63, 3.8) is 0 Å². The Labute approximate surface area is 256 Å². The van der Waals surface area contributed by atoms with Crippen LogP contribution in [-0.2, 0) is 19.1 Å². The Kier molecular flexibility index (Phi) is 19.9. The van der Waals surface area contributed by atoms with Crippen molar-refractivity contribution in [1.29, 1.82) is 0 Å². The first kappa shape index (κ1) is 37.2. The SMILES string of the molecule is CCCCCCCCCCCC[C@H](O)[C@@H]1CC[C@H]([C@H](O)CCCC[C@H](O)CCCCC[C@@H]2C[C@@H](CC(C)=O)C(=O)O2)O1. The molecule has 2 heterocycles. The van der Waals surface area contributed by atoms with Crippen LogP contribution in [0, 0.1) is 5.92 Å². The highest BCUT2D eigenvalue weighted by atomic mass is 16.6. The van der Waals surface area contributed by atoms with Crippen LogP contribution in [0.25, 0.3) is 0 Å². The maximum atomic E-state index is 11.8. The van der Waals surface area contributed by atoms with Crippen molar-refractivity contribution in [2.75, 3.05) is 0 Å². The molecule has 0 aliphatic carbocycles. The largest absolute Gasteiger partial charge is 0.462 e. The van der Waals surface area contributed by atoms with Crippen molar-refractivity contribution in [2.24, 2.45) is 5.92 Å². The first-order valence-electron chi connectivity index (χ1n) is 17.7. The fourth-order valence-corrected chi connectivity index (χ4v) is 6.69. The number of aliphatic hydroxyl groups excluding tert-OH is 3. The molecule has 246 valence electrons. The second kappa shape index (κ2) is 22.5. The molecule has 3 N–H and O–H groups in total. The van der Waals surface area contributed by atoms with Crippen LogP contribution in [0.5, 0.6) is 0 Å². The summed E-state index contributed by atoms with van der Waals surface area (Å²) >= 11 is 0. The normalized spacial score (nSPS) is 24.5. The van der Waals surface area contributed by atoms with Gasteiger partial charge in [0.25, 0.3) is 0 Å². The lowest BCUT2D eigenvalue weighted by molar-refractivity contribution is -0.145. The average Bonchev–Trinajstić information content (AvgIpc) is 3.58. The molecule has 0 aromatic carbocycles. The highest BCUT2D eigenvalue weighted by Gasteiger charge is 2.35. The van der Waals surface area contributed by atoms with Gasteiger partial charge in [-0.05, 0) is 64.7 Å². The minimum Gasteiger partial charge on any atom is -0.462 e. The lowest BCUT2D eigenvalue weighted by Crippen LogP contribution is -2.31. The second-order valence-electron chi connectivity index (χ2n) is 13.4. The van der Waals surface area contributed by atoms with Crippen LogP contribution in [0.15, 0.2) is 0 Å². The first-order chi connectivity index (χ1) is 20.3. The van der Waals surface area contributed by atoms with Crippen molar-refractivity contribution >= 4 is 11.8 Å². The summed E-state index contributed by atoms with van der Waals surface area (Å²) in [6.07, 6.45) is 22.2. The van der Waals surface area contributed by atoms with E-state index in [9.17, 15) is 24.9 Å². The summed E-state index contributed by atoms with van der Waals surface area (Å²) in [7, 11) is 0. The summed E-state index contributed by atoms with van der Waals surface area (Å²) in [5.74, 6) is -0.459. The van der Waals surface area contributed by atoms with E-state index in [0.29, 0.717) is 12.8 Å². The zero-order valence-corrected chi connectivity index (χ0v) is 27.0. The van der Waals surface area contributed by atoms with Gasteiger partial charge in [0.1, 0.15) is 11.9 Å². The van der Waals surface area contributed by atoms with E-state index < -0.39 is 12.2 Å². The van der Waals surface area contributed by atoms with E-state index in [1.165, 1.54) is 64.7 Å². The molecule has 2 aliphatic rings. The topological polar surface area (TPSA) is 113 Å². The van der Waals surface area contributed by atoms with Crippen LogP contribution in [-0.4, -0.2) is 63.7 Å². The number of carbonyl (C=O) groups is 2. The molecule has 42 heavy (non-hydrogen) atoms. The van der Waals surface area contributed by atoms with Gasteiger partial charge in [-0.2, -0.15) is 0 Å². The van der Waals surface area contributed by atoms with E-state index in [0.717, 1.165) is 77.0 Å². The molecule has 0 aromatic rings. The number of cyclic esters (lactones) is 1. The van der Waals surface area contributed by atoms with E-state index in [-0.39, 0.29) is 48.5 Å². The van der Waals surface area contributed by atoms with Crippen molar-refractivity contribution in [1.82, 2.24) is 0 Å². The molecule has 0 saturated carbocycles. The molecule has 0 amide bonds. The standard InChI is InChI=1S/C35H64O7/c1-3-4-5-6-7-8-9-10-11-15-21-31(38)33-23-24-34(42-33)32(39)22-17-16-19-29(37)18-13-12-14-20-30-26-28(25-27(2)36)35(40)41-30/h28-34,37-39H,3-26H2,1-2H3/t28-,29-,30-,31+,32-,33+,34-/m1/s1. The maximum absolute atomic E-state index is 11.8. The summed E-state index contributed by atoms with van der Waals surface area (Å²) in [5, 5.41) is 31.6. The van der Waals surface area contributed by atoms with E-state index in [1.54, 1.807) is 0 Å². The monoisotopic (exact) mass is 596 g/mol. The minimum absolute atomic E-state index is 0.0338. The molecule has 2 fully saturated rings. The number of hydrogen-bond acceptors (Lipinski definition) is 7. The number of Topliss-reactive ketones (excluding diaryl/α,β-unsaturated/α-hetero) is 1. The van der Waals surface area contributed by atoms with Crippen molar-refractivity contribution < 1.29 is 34.4 Å². The molecule has 0 bridgehead atoms. The third kappa shape index (κ3) is 16.2. The highest BCUT2D eigenvalue weighted by molar-refractivity contribution is 5.83. The van der Waals surface area contributed by atoms with Gasteiger partial charge in [-0.15, -0.1) is 0 Å². The molecule has 0 spiro atoms. The van der Waals surface area contributed by atoms with Gasteiger partial charge in [-0.25, -0.2) is 0 Å². The van der Waals surface area contributed by atoms with Gasteiger partial charge in [0, 0.05) is 6.42 Å². The smallest absolute Gasteiger partial charge is 0.309 e. The van der Waals surface area contributed by atoms with Gasteiger partial charge in [0.05, 0.1) is 36.4 Å². The van der Waals surface area contributed by atoms with Crippen LogP contribution < -0.4 is 0 Å². The van der Waals surface area contributed by atoms with Crippen molar-refractivity contribution in [3.05, 3.63) is 0 Å². The zero-order chi connectivity index (χ0) is 30.6. The molecule has 7 heteroatoms. The number of aliphatic hydroxyl groups is 3. The molecule has 2 rings (SSSR count). The molecule has 7 nitrogen and oxygen atoms in total. The Hall–Kier alpha value is -1.02. The summed E-state index contributed by atoms with van der Waals surface area (Å²) < 4.78 is 11.5. The molecular weight excluding hydrogens is 532 g/mol. The number of ether oxygens (including phenoxy) is 2. The van der Waals surface area contributed by atoms with E-state index in [4.69, 9.17) is 9.47 Å². The third-order valence-electron chi connectivity index (χ3n) is 9.35. The lowest BCUT2D eigenvalue weighted by Gasteiger charge is -2.22. The summed E-state index contributed by atoms with van der Waals surface area (Å²) in [6.45, 7) is 3.77. The number of rotatable bonds is 26. The number of carbonyl (C=O) groups excluding carboxylic acids is 2. The van der Waals surface area contributed by atoms with E-state index in [2.05, 4.69) is 6.92 Å². The highest BCUT2D eigenvalue weighted by Crippen LogP contribution is 2.29. The number of unbranched alkanes of at least 4 members (excludes halogenated alkanes) is 12. The summed E-state index contributed by atoms with van der Waals surface area (Å²) in [6, 6.07) is 0. The van der Waals surface area contributed by atoms with E-state index in [1.807, 2.05) is 0 Å². The average molecular weight is 597 g/mol.